The van der Waals surface area contributed by atoms with Gasteiger partial charge in [-0.25, -0.2) is 14.4 Å². The quantitative estimate of drug-likeness (QED) is 0.850. The zero-order chi connectivity index (χ0) is 12.4. The van der Waals surface area contributed by atoms with Crippen molar-refractivity contribution in [3.8, 4) is 17.1 Å². The van der Waals surface area contributed by atoms with Crippen molar-refractivity contribution in [3.05, 3.63) is 33.8 Å². The van der Waals surface area contributed by atoms with Gasteiger partial charge in [-0.3, -0.25) is 0 Å². The number of methoxy groups -OCH3 is 1. The second kappa shape index (κ2) is 4.82. The maximum Gasteiger partial charge on any atom is 0.179 e. The Bertz CT molecular complexity index is 562. The van der Waals surface area contributed by atoms with Crippen molar-refractivity contribution >= 4 is 28.4 Å². The molecule has 0 aliphatic carbocycles. The molecule has 0 aliphatic rings. The van der Waals surface area contributed by atoms with Crippen LogP contribution in [0.15, 0.2) is 24.4 Å². The highest BCUT2D eigenvalue weighted by Gasteiger charge is 2.08. The molecule has 0 spiro atoms. The number of benzene rings is 1. The molecule has 2 rings (SSSR count). The van der Waals surface area contributed by atoms with E-state index in [1.54, 1.807) is 12.1 Å². The fourth-order valence-corrected chi connectivity index (χ4v) is 1.65. The van der Waals surface area contributed by atoms with E-state index in [1.165, 1.54) is 19.4 Å². The van der Waals surface area contributed by atoms with E-state index < -0.39 is 0 Å². The molecular formula is C11H9FIN3O. The molecule has 0 saturated carbocycles. The van der Waals surface area contributed by atoms with Gasteiger partial charge in [-0.1, -0.05) is 0 Å². The Labute approximate surface area is 111 Å². The average molecular weight is 345 g/mol. The smallest absolute Gasteiger partial charge is 0.179 e. The summed E-state index contributed by atoms with van der Waals surface area (Å²) < 4.78 is 18.9. The van der Waals surface area contributed by atoms with Gasteiger partial charge >= 0.3 is 0 Å². The highest BCUT2D eigenvalue weighted by molar-refractivity contribution is 14.1. The van der Waals surface area contributed by atoms with Crippen molar-refractivity contribution in [2.24, 2.45) is 0 Å². The van der Waals surface area contributed by atoms with Gasteiger partial charge in [0, 0.05) is 9.13 Å². The summed E-state index contributed by atoms with van der Waals surface area (Å²) in [6, 6.07) is 4.78. The standard InChI is InChI=1S/C11H9FIN3O/c1-17-9-5-15-11(16-10(9)14)6-2-3-8(13)7(12)4-6/h2-5H,1H3,(H2,14,15,16). The van der Waals surface area contributed by atoms with E-state index >= 15 is 0 Å². The first-order chi connectivity index (χ1) is 8.11. The Kier molecular flexibility index (Phi) is 3.41. The van der Waals surface area contributed by atoms with Gasteiger partial charge in [0.05, 0.1) is 13.3 Å². The molecule has 0 aliphatic heterocycles. The van der Waals surface area contributed by atoms with Gasteiger partial charge in [0.25, 0.3) is 0 Å². The highest BCUT2D eigenvalue weighted by Crippen LogP contribution is 2.23. The summed E-state index contributed by atoms with van der Waals surface area (Å²) in [5, 5.41) is 0. The van der Waals surface area contributed by atoms with Gasteiger partial charge < -0.3 is 10.5 Å². The number of hydrogen-bond donors (Lipinski definition) is 1. The van der Waals surface area contributed by atoms with Crippen LogP contribution in [0.25, 0.3) is 11.4 Å². The first kappa shape index (κ1) is 12.0. The van der Waals surface area contributed by atoms with E-state index in [0.717, 1.165) is 0 Å². The number of nitrogen functional groups attached to an aromatic ring is 1. The maximum absolute atomic E-state index is 13.4. The fraction of sp³-hybridized carbons (Fsp3) is 0.0909. The van der Waals surface area contributed by atoms with Crippen molar-refractivity contribution in [1.29, 1.82) is 0 Å². The summed E-state index contributed by atoms with van der Waals surface area (Å²) in [7, 11) is 1.49. The van der Waals surface area contributed by atoms with E-state index in [2.05, 4.69) is 9.97 Å². The predicted octanol–water partition coefficient (Wildman–Crippen LogP) is 2.48. The molecular weight excluding hydrogens is 336 g/mol. The molecule has 0 bridgehead atoms. The third-order valence-corrected chi connectivity index (χ3v) is 3.06. The lowest BCUT2D eigenvalue weighted by Crippen LogP contribution is -1.99. The van der Waals surface area contributed by atoms with Gasteiger partial charge in [-0.15, -0.1) is 0 Å². The molecule has 0 fully saturated rings. The van der Waals surface area contributed by atoms with E-state index in [1.807, 2.05) is 22.6 Å². The monoisotopic (exact) mass is 345 g/mol. The summed E-state index contributed by atoms with van der Waals surface area (Å²) in [5.41, 5.74) is 6.25. The number of anilines is 1. The number of ether oxygens (including phenoxy) is 1. The zero-order valence-electron chi connectivity index (χ0n) is 8.95. The van der Waals surface area contributed by atoms with Crippen molar-refractivity contribution in [1.82, 2.24) is 9.97 Å². The minimum Gasteiger partial charge on any atom is -0.491 e. The van der Waals surface area contributed by atoms with Gasteiger partial charge in [0.15, 0.2) is 17.4 Å². The Morgan fingerprint density at radius 1 is 1.41 bits per heavy atom. The summed E-state index contributed by atoms with van der Waals surface area (Å²) in [4.78, 5) is 8.12. The summed E-state index contributed by atoms with van der Waals surface area (Å²) in [6.45, 7) is 0. The molecule has 6 heteroatoms. The van der Waals surface area contributed by atoms with Crippen LogP contribution in [0.2, 0.25) is 0 Å². The second-order valence-corrected chi connectivity index (χ2v) is 4.44. The lowest BCUT2D eigenvalue weighted by atomic mass is 10.2. The largest absolute Gasteiger partial charge is 0.491 e. The first-order valence-corrected chi connectivity index (χ1v) is 5.81. The third kappa shape index (κ3) is 2.46. The fourth-order valence-electron chi connectivity index (χ4n) is 1.32. The first-order valence-electron chi connectivity index (χ1n) is 4.73. The molecule has 4 nitrogen and oxygen atoms in total. The van der Waals surface area contributed by atoms with Crippen LogP contribution in [0.4, 0.5) is 10.2 Å². The number of nitrogens with two attached hydrogens (primary N) is 1. The molecule has 1 aromatic heterocycles. The minimum absolute atomic E-state index is 0.233. The molecule has 0 amide bonds. The second-order valence-electron chi connectivity index (χ2n) is 3.28. The highest BCUT2D eigenvalue weighted by atomic mass is 127. The molecule has 2 N–H and O–H groups in total. The van der Waals surface area contributed by atoms with Crippen LogP contribution in [0.1, 0.15) is 0 Å². The van der Waals surface area contributed by atoms with Crippen molar-refractivity contribution in [3.63, 3.8) is 0 Å². The predicted molar refractivity (Wildman–Crippen MR) is 71.1 cm³/mol. The molecule has 2 aromatic rings. The van der Waals surface area contributed by atoms with Crippen LogP contribution in [-0.4, -0.2) is 17.1 Å². The third-order valence-electron chi connectivity index (χ3n) is 2.18. The molecule has 0 saturated heterocycles. The SMILES string of the molecule is COc1cnc(-c2ccc(I)c(F)c2)nc1N. The lowest BCUT2D eigenvalue weighted by Gasteiger charge is -2.05. The molecule has 0 radical (unpaired) electrons. The van der Waals surface area contributed by atoms with E-state index in [-0.39, 0.29) is 11.6 Å². The maximum atomic E-state index is 13.4. The van der Waals surface area contributed by atoms with Crippen molar-refractivity contribution < 1.29 is 9.13 Å². The Hall–Kier alpha value is -1.44. The van der Waals surface area contributed by atoms with Gasteiger partial charge in [0.1, 0.15) is 5.82 Å². The number of nitrogens with zero attached hydrogens (tertiary/aromatic N) is 2. The molecule has 1 aromatic carbocycles. The molecule has 17 heavy (non-hydrogen) atoms. The van der Waals surface area contributed by atoms with Gasteiger partial charge in [-0.2, -0.15) is 0 Å². The van der Waals surface area contributed by atoms with E-state index in [0.29, 0.717) is 20.7 Å². The minimum atomic E-state index is -0.305. The van der Waals surface area contributed by atoms with Crippen LogP contribution >= 0.6 is 22.6 Å². The summed E-state index contributed by atoms with van der Waals surface area (Å²) >= 11 is 1.92. The van der Waals surface area contributed by atoms with Crippen LogP contribution in [0.5, 0.6) is 5.75 Å². The number of aromatic nitrogens is 2. The normalized spacial score (nSPS) is 10.3. The van der Waals surface area contributed by atoms with Gasteiger partial charge in [-0.05, 0) is 40.8 Å². The van der Waals surface area contributed by atoms with Gasteiger partial charge in [0.2, 0.25) is 0 Å². The lowest BCUT2D eigenvalue weighted by molar-refractivity contribution is 0.413. The van der Waals surface area contributed by atoms with Crippen LogP contribution in [0.3, 0.4) is 0 Å². The van der Waals surface area contributed by atoms with Crippen LogP contribution < -0.4 is 10.5 Å². The van der Waals surface area contributed by atoms with Crippen LogP contribution in [0, 0.1) is 9.39 Å². The zero-order valence-corrected chi connectivity index (χ0v) is 11.1. The topological polar surface area (TPSA) is 61.0 Å². The molecule has 1 heterocycles. The molecule has 88 valence electrons. The summed E-state index contributed by atoms with van der Waals surface area (Å²) in [6.07, 6.45) is 1.47. The Balaban J connectivity index is 2.46. The molecule has 0 unspecified atom stereocenters. The number of rotatable bonds is 2. The number of halogens is 2. The molecule has 0 atom stereocenters. The summed E-state index contributed by atoms with van der Waals surface area (Å²) in [5.74, 6) is 0.705. The van der Waals surface area contributed by atoms with Crippen LogP contribution in [-0.2, 0) is 0 Å². The Morgan fingerprint density at radius 2 is 2.18 bits per heavy atom. The van der Waals surface area contributed by atoms with E-state index in [4.69, 9.17) is 10.5 Å². The van der Waals surface area contributed by atoms with Crippen molar-refractivity contribution in [2.75, 3.05) is 12.8 Å². The van der Waals surface area contributed by atoms with E-state index in [9.17, 15) is 4.39 Å². The average Bonchev–Trinajstić information content (AvgIpc) is 2.32. The number of hydrogen-bond acceptors (Lipinski definition) is 4. The van der Waals surface area contributed by atoms with Crippen molar-refractivity contribution in [2.45, 2.75) is 0 Å². The Morgan fingerprint density at radius 3 is 2.76 bits per heavy atom.